The molecule has 1 rings (SSSR count). The van der Waals surface area contributed by atoms with E-state index in [1.165, 1.54) is 0 Å². The van der Waals surface area contributed by atoms with Crippen molar-refractivity contribution in [3.63, 3.8) is 0 Å². The van der Waals surface area contributed by atoms with Crippen LogP contribution >= 0.6 is 0 Å². The van der Waals surface area contributed by atoms with Crippen molar-refractivity contribution in [3.05, 3.63) is 23.0 Å². The van der Waals surface area contributed by atoms with Gasteiger partial charge < -0.3 is 10.0 Å². The Kier molecular flexibility index (Phi) is 4.27. The zero-order valence-electron chi connectivity index (χ0n) is 11.1. The number of aromatic nitrogens is 1. The number of carboxylic acid groups (broad SMARTS) is 1. The molecule has 0 aliphatic heterocycles. The van der Waals surface area contributed by atoms with E-state index >= 15 is 0 Å². The van der Waals surface area contributed by atoms with Gasteiger partial charge in [-0.2, -0.15) is 5.26 Å². The maximum Gasteiger partial charge on any atom is 0.326 e. The number of rotatable bonds is 4. The molecule has 0 saturated carbocycles. The molecular weight excluding hydrogens is 230 g/mol. The van der Waals surface area contributed by atoms with Crippen LogP contribution < -0.4 is 4.90 Å². The summed E-state index contributed by atoms with van der Waals surface area (Å²) in [6.45, 7) is 5.39. The minimum absolute atomic E-state index is 0.433. The van der Waals surface area contributed by atoms with E-state index < -0.39 is 12.0 Å². The average molecular weight is 247 g/mol. The Bertz CT molecular complexity index is 506. The fourth-order valence-electron chi connectivity index (χ4n) is 2.01. The standard InChI is InChI=1S/C13H17N3O2/c1-5-11(13(17)18)16(4)12-6-8(2)15-9(3)10(12)7-14/h6,11H,5H2,1-4H3,(H,17,18). The number of aliphatic carboxylic acids is 1. The van der Waals surface area contributed by atoms with E-state index in [1.807, 2.05) is 13.8 Å². The van der Waals surface area contributed by atoms with E-state index in [0.717, 1.165) is 5.69 Å². The summed E-state index contributed by atoms with van der Waals surface area (Å²) in [5, 5.41) is 18.3. The first-order valence-electron chi connectivity index (χ1n) is 5.76. The van der Waals surface area contributed by atoms with E-state index in [1.54, 1.807) is 24.9 Å². The summed E-state index contributed by atoms with van der Waals surface area (Å²) in [4.78, 5) is 17.0. The lowest BCUT2D eigenvalue weighted by Gasteiger charge is -2.27. The number of carboxylic acids is 1. The zero-order chi connectivity index (χ0) is 13.9. The van der Waals surface area contributed by atoms with Gasteiger partial charge in [-0.3, -0.25) is 4.98 Å². The Morgan fingerprint density at radius 3 is 2.67 bits per heavy atom. The van der Waals surface area contributed by atoms with Gasteiger partial charge in [-0.25, -0.2) is 4.79 Å². The predicted octanol–water partition coefficient (Wildman–Crippen LogP) is 1.87. The Morgan fingerprint density at radius 1 is 1.61 bits per heavy atom. The van der Waals surface area contributed by atoms with E-state index in [0.29, 0.717) is 23.4 Å². The van der Waals surface area contributed by atoms with Gasteiger partial charge in [0.25, 0.3) is 0 Å². The highest BCUT2D eigenvalue weighted by atomic mass is 16.4. The largest absolute Gasteiger partial charge is 0.480 e. The Hall–Kier alpha value is -2.09. The minimum atomic E-state index is -0.893. The van der Waals surface area contributed by atoms with E-state index in [4.69, 9.17) is 10.4 Å². The van der Waals surface area contributed by atoms with Crippen molar-refractivity contribution in [1.82, 2.24) is 4.98 Å². The molecule has 0 spiro atoms. The zero-order valence-corrected chi connectivity index (χ0v) is 11.1. The summed E-state index contributed by atoms with van der Waals surface area (Å²) in [6.07, 6.45) is 0.469. The summed E-state index contributed by atoms with van der Waals surface area (Å²) in [7, 11) is 1.69. The van der Waals surface area contributed by atoms with Crippen molar-refractivity contribution < 1.29 is 9.90 Å². The molecule has 0 saturated heterocycles. The van der Waals surface area contributed by atoms with Gasteiger partial charge in [0.1, 0.15) is 12.1 Å². The molecule has 96 valence electrons. The predicted molar refractivity (Wildman–Crippen MR) is 68.5 cm³/mol. The SMILES string of the molecule is CCC(C(=O)O)N(C)c1cc(C)nc(C)c1C#N. The molecule has 18 heavy (non-hydrogen) atoms. The van der Waals surface area contributed by atoms with Crippen LogP contribution in [0.2, 0.25) is 0 Å². The lowest BCUT2D eigenvalue weighted by atomic mass is 10.1. The molecule has 5 nitrogen and oxygen atoms in total. The fraction of sp³-hybridized carbons (Fsp3) is 0.462. The van der Waals surface area contributed by atoms with E-state index in [9.17, 15) is 4.79 Å². The second-order valence-corrected chi connectivity index (χ2v) is 4.23. The molecule has 0 radical (unpaired) electrons. The maximum atomic E-state index is 11.2. The lowest BCUT2D eigenvalue weighted by Crippen LogP contribution is -2.38. The highest BCUT2D eigenvalue weighted by molar-refractivity contribution is 5.79. The van der Waals surface area contributed by atoms with Crippen molar-refractivity contribution >= 4 is 11.7 Å². The molecule has 1 N–H and O–H groups in total. The van der Waals surface area contributed by atoms with Crippen LogP contribution in [0.4, 0.5) is 5.69 Å². The van der Waals surface area contributed by atoms with Crippen LogP contribution in [-0.2, 0) is 4.79 Å². The molecule has 0 aliphatic carbocycles. The number of nitrogens with zero attached hydrogens (tertiary/aromatic N) is 3. The Balaban J connectivity index is 3.32. The van der Waals surface area contributed by atoms with Gasteiger partial charge >= 0.3 is 5.97 Å². The molecule has 0 bridgehead atoms. The number of pyridine rings is 1. The molecule has 0 aliphatic rings. The maximum absolute atomic E-state index is 11.2. The number of likely N-dealkylation sites (N-methyl/N-ethyl adjacent to an activating group) is 1. The quantitative estimate of drug-likeness (QED) is 0.878. The number of hydrogen-bond donors (Lipinski definition) is 1. The van der Waals surface area contributed by atoms with Gasteiger partial charge in [0, 0.05) is 12.7 Å². The first kappa shape index (κ1) is 14.0. The summed E-state index contributed by atoms with van der Waals surface area (Å²) in [6, 6.07) is 3.20. The van der Waals surface area contributed by atoms with Crippen LogP contribution in [0.1, 0.15) is 30.3 Å². The lowest BCUT2D eigenvalue weighted by molar-refractivity contribution is -0.138. The van der Waals surface area contributed by atoms with E-state index in [-0.39, 0.29) is 0 Å². The Morgan fingerprint density at radius 2 is 2.22 bits per heavy atom. The molecule has 0 fully saturated rings. The van der Waals surface area contributed by atoms with Crippen molar-refractivity contribution in [1.29, 1.82) is 5.26 Å². The highest BCUT2D eigenvalue weighted by Gasteiger charge is 2.23. The third-order valence-electron chi connectivity index (χ3n) is 2.94. The van der Waals surface area contributed by atoms with Crippen LogP contribution in [0, 0.1) is 25.2 Å². The van der Waals surface area contributed by atoms with Crippen LogP contribution in [0.25, 0.3) is 0 Å². The molecular formula is C13H17N3O2. The van der Waals surface area contributed by atoms with Crippen molar-refractivity contribution in [2.24, 2.45) is 0 Å². The second-order valence-electron chi connectivity index (χ2n) is 4.23. The van der Waals surface area contributed by atoms with Crippen molar-refractivity contribution in [2.75, 3.05) is 11.9 Å². The van der Waals surface area contributed by atoms with Gasteiger partial charge in [0.2, 0.25) is 0 Å². The van der Waals surface area contributed by atoms with Crippen LogP contribution in [-0.4, -0.2) is 29.1 Å². The number of hydrogen-bond acceptors (Lipinski definition) is 4. The summed E-state index contributed by atoms with van der Waals surface area (Å²) < 4.78 is 0. The Labute approximate surface area is 107 Å². The van der Waals surface area contributed by atoms with Gasteiger partial charge in [-0.15, -0.1) is 0 Å². The van der Waals surface area contributed by atoms with E-state index in [2.05, 4.69) is 11.1 Å². The first-order chi connectivity index (χ1) is 8.42. The second kappa shape index (κ2) is 5.50. The van der Waals surface area contributed by atoms with Crippen molar-refractivity contribution in [2.45, 2.75) is 33.2 Å². The molecule has 1 aromatic heterocycles. The van der Waals surface area contributed by atoms with Gasteiger partial charge in [0.05, 0.1) is 16.9 Å². The number of carbonyl (C=O) groups is 1. The number of aryl methyl sites for hydroxylation is 2. The van der Waals surface area contributed by atoms with Crippen LogP contribution in [0.15, 0.2) is 6.07 Å². The topological polar surface area (TPSA) is 77.2 Å². The third-order valence-corrected chi connectivity index (χ3v) is 2.94. The van der Waals surface area contributed by atoms with Crippen LogP contribution in [0.3, 0.4) is 0 Å². The summed E-state index contributed by atoms with van der Waals surface area (Å²) >= 11 is 0. The van der Waals surface area contributed by atoms with Crippen molar-refractivity contribution in [3.8, 4) is 6.07 Å². The third kappa shape index (κ3) is 2.59. The van der Waals surface area contributed by atoms with Crippen LogP contribution in [0.5, 0.6) is 0 Å². The van der Waals surface area contributed by atoms with Gasteiger partial charge in [0.15, 0.2) is 0 Å². The first-order valence-corrected chi connectivity index (χ1v) is 5.76. The smallest absolute Gasteiger partial charge is 0.326 e. The highest BCUT2D eigenvalue weighted by Crippen LogP contribution is 2.24. The molecule has 1 aromatic rings. The minimum Gasteiger partial charge on any atom is -0.480 e. The number of anilines is 1. The summed E-state index contributed by atoms with van der Waals surface area (Å²) in [5.74, 6) is -0.893. The monoisotopic (exact) mass is 247 g/mol. The average Bonchev–Trinajstić information content (AvgIpc) is 2.28. The van der Waals surface area contributed by atoms with Gasteiger partial charge in [-0.1, -0.05) is 6.92 Å². The molecule has 1 heterocycles. The summed E-state index contributed by atoms with van der Waals surface area (Å²) in [5.41, 5.74) is 2.45. The normalized spacial score (nSPS) is 11.7. The molecule has 0 amide bonds. The molecule has 1 unspecified atom stereocenters. The molecule has 0 aromatic carbocycles. The number of nitriles is 1. The molecule has 5 heteroatoms. The fourth-order valence-corrected chi connectivity index (χ4v) is 2.01. The van der Waals surface area contributed by atoms with Gasteiger partial charge in [-0.05, 0) is 26.3 Å². The molecule has 1 atom stereocenters.